The lowest BCUT2D eigenvalue weighted by atomic mass is 10.1. The van der Waals surface area contributed by atoms with Crippen LogP contribution in [-0.4, -0.2) is 38.3 Å². The van der Waals surface area contributed by atoms with E-state index < -0.39 is 0 Å². The van der Waals surface area contributed by atoms with Crippen LogP contribution in [0.15, 0.2) is 48.5 Å². The van der Waals surface area contributed by atoms with Gasteiger partial charge in [-0.2, -0.15) is 0 Å². The van der Waals surface area contributed by atoms with Crippen molar-refractivity contribution in [3.8, 4) is 0 Å². The second-order valence-electron chi connectivity index (χ2n) is 6.83. The molecule has 1 fully saturated rings. The summed E-state index contributed by atoms with van der Waals surface area (Å²) in [5, 5.41) is 6.39. The minimum Gasteiger partial charge on any atom is -0.364 e. The highest BCUT2D eigenvalue weighted by Crippen LogP contribution is 2.33. The van der Waals surface area contributed by atoms with E-state index >= 15 is 0 Å². The number of benzene rings is 2. The largest absolute Gasteiger partial charge is 0.364 e. The van der Waals surface area contributed by atoms with Crippen LogP contribution < -0.4 is 20.4 Å². The Balaban J connectivity index is 1.52. The zero-order valence-electron chi connectivity index (χ0n) is 14.6. The summed E-state index contributed by atoms with van der Waals surface area (Å²) in [6, 6.07) is 14.7. The summed E-state index contributed by atoms with van der Waals surface area (Å²) in [6.07, 6.45) is 0.970. The average molecular weight is 354 g/mol. The highest BCUT2D eigenvalue weighted by atomic mass is 19.1. The van der Waals surface area contributed by atoms with Crippen LogP contribution in [0.3, 0.4) is 0 Å². The van der Waals surface area contributed by atoms with E-state index in [1.54, 1.807) is 0 Å². The normalized spacial score (nSPS) is 19.3. The van der Waals surface area contributed by atoms with Gasteiger partial charge in [-0.05, 0) is 42.8 Å². The summed E-state index contributed by atoms with van der Waals surface area (Å²) in [5.41, 5.74) is 3.00. The third-order valence-corrected chi connectivity index (χ3v) is 5.03. The number of hydrogen-bond donors (Lipinski definition) is 2. The lowest BCUT2D eigenvalue weighted by Crippen LogP contribution is -2.50. The predicted octanol–water partition coefficient (Wildman–Crippen LogP) is 2.72. The highest BCUT2D eigenvalue weighted by Gasteiger charge is 2.28. The van der Waals surface area contributed by atoms with E-state index in [0.717, 1.165) is 43.0 Å². The van der Waals surface area contributed by atoms with Gasteiger partial charge in [0.2, 0.25) is 0 Å². The Morgan fingerprint density at radius 3 is 2.62 bits per heavy atom. The number of nitrogens with one attached hydrogen (secondary N) is 2. The number of amides is 2. The van der Waals surface area contributed by atoms with Crippen LogP contribution in [0.25, 0.3) is 0 Å². The number of urea groups is 1. The van der Waals surface area contributed by atoms with Crippen molar-refractivity contribution in [1.82, 2.24) is 10.6 Å². The number of carbonyl (C=O) groups is 1. The number of rotatable bonds is 3. The molecule has 2 amide bonds. The molecule has 2 aliphatic heterocycles. The Morgan fingerprint density at radius 1 is 1.12 bits per heavy atom. The van der Waals surface area contributed by atoms with Gasteiger partial charge in [0.1, 0.15) is 5.82 Å². The van der Waals surface area contributed by atoms with Crippen LogP contribution in [-0.2, 0) is 6.54 Å². The van der Waals surface area contributed by atoms with Gasteiger partial charge in [0.25, 0.3) is 0 Å². The van der Waals surface area contributed by atoms with Gasteiger partial charge in [-0.1, -0.05) is 24.3 Å². The molecule has 26 heavy (non-hydrogen) atoms. The van der Waals surface area contributed by atoms with Crippen molar-refractivity contribution in [3.05, 3.63) is 59.9 Å². The van der Waals surface area contributed by atoms with Crippen molar-refractivity contribution < 1.29 is 9.18 Å². The SMILES string of the molecule is O=C(NC1CCNC1)N1CCN(Cc2ccc(F)cc2)c2ccccc21. The molecule has 0 saturated carbocycles. The minimum atomic E-state index is -0.225. The highest BCUT2D eigenvalue weighted by molar-refractivity contribution is 5.97. The van der Waals surface area contributed by atoms with E-state index in [-0.39, 0.29) is 17.9 Å². The van der Waals surface area contributed by atoms with Crippen LogP contribution in [0.2, 0.25) is 0 Å². The Bertz CT molecular complexity index is 774. The van der Waals surface area contributed by atoms with Gasteiger partial charge in [-0.3, -0.25) is 4.90 Å². The third kappa shape index (κ3) is 3.51. The molecule has 1 atom stereocenters. The molecule has 2 aromatic rings. The van der Waals surface area contributed by atoms with Gasteiger partial charge in [0, 0.05) is 32.2 Å². The first-order valence-corrected chi connectivity index (χ1v) is 9.08. The van der Waals surface area contributed by atoms with Crippen LogP contribution in [0.1, 0.15) is 12.0 Å². The molecule has 6 heteroatoms. The first-order chi connectivity index (χ1) is 12.7. The fourth-order valence-corrected chi connectivity index (χ4v) is 3.64. The molecule has 136 valence electrons. The maximum atomic E-state index is 13.1. The molecule has 1 unspecified atom stereocenters. The average Bonchev–Trinajstić information content (AvgIpc) is 3.17. The number of halogens is 1. The molecule has 0 radical (unpaired) electrons. The molecule has 4 rings (SSSR count). The van der Waals surface area contributed by atoms with E-state index in [1.807, 2.05) is 41.3 Å². The van der Waals surface area contributed by atoms with Crippen LogP contribution in [0.4, 0.5) is 20.6 Å². The summed E-state index contributed by atoms with van der Waals surface area (Å²) < 4.78 is 13.1. The van der Waals surface area contributed by atoms with E-state index in [4.69, 9.17) is 0 Å². The molecule has 2 N–H and O–H groups in total. The van der Waals surface area contributed by atoms with Crippen molar-refractivity contribution in [1.29, 1.82) is 0 Å². The lowest BCUT2D eigenvalue weighted by molar-refractivity contribution is 0.243. The second-order valence-corrected chi connectivity index (χ2v) is 6.83. The molecule has 0 spiro atoms. The molecule has 0 bridgehead atoms. The summed E-state index contributed by atoms with van der Waals surface area (Å²) in [6.45, 7) is 3.85. The smallest absolute Gasteiger partial charge is 0.322 e. The van der Waals surface area contributed by atoms with Crippen molar-refractivity contribution in [2.75, 3.05) is 36.0 Å². The molecule has 2 aliphatic rings. The van der Waals surface area contributed by atoms with E-state index in [9.17, 15) is 9.18 Å². The zero-order valence-corrected chi connectivity index (χ0v) is 14.6. The summed E-state index contributed by atoms with van der Waals surface area (Å²) in [4.78, 5) is 16.8. The van der Waals surface area contributed by atoms with Gasteiger partial charge < -0.3 is 15.5 Å². The first kappa shape index (κ1) is 16.8. The standard InChI is InChI=1S/C20H23FN4O/c21-16-7-5-15(6-8-16)14-24-11-12-25(19-4-2-1-3-18(19)24)20(26)23-17-9-10-22-13-17/h1-8,17,22H,9-14H2,(H,23,26). The van der Waals surface area contributed by atoms with Crippen LogP contribution >= 0.6 is 0 Å². The van der Waals surface area contributed by atoms with Gasteiger partial charge in [0.15, 0.2) is 0 Å². The van der Waals surface area contributed by atoms with Gasteiger partial charge in [-0.15, -0.1) is 0 Å². The number of anilines is 2. The first-order valence-electron chi connectivity index (χ1n) is 9.08. The van der Waals surface area contributed by atoms with Crippen molar-refractivity contribution in [2.45, 2.75) is 19.0 Å². The number of nitrogens with zero attached hydrogens (tertiary/aromatic N) is 2. The molecule has 0 aromatic heterocycles. The summed E-state index contributed by atoms with van der Waals surface area (Å²) in [7, 11) is 0. The molecule has 2 aromatic carbocycles. The Morgan fingerprint density at radius 2 is 1.88 bits per heavy atom. The Hall–Kier alpha value is -2.60. The minimum absolute atomic E-state index is 0.0346. The van der Waals surface area contributed by atoms with E-state index in [0.29, 0.717) is 13.1 Å². The second kappa shape index (κ2) is 7.33. The third-order valence-electron chi connectivity index (χ3n) is 5.03. The molecule has 5 nitrogen and oxygen atoms in total. The fraction of sp³-hybridized carbons (Fsp3) is 0.350. The topological polar surface area (TPSA) is 47.6 Å². The number of fused-ring (bicyclic) bond motifs is 1. The fourth-order valence-electron chi connectivity index (χ4n) is 3.64. The van der Waals surface area contributed by atoms with Crippen molar-refractivity contribution in [2.24, 2.45) is 0 Å². The number of para-hydroxylation sites is 2. The van der Waals surface area contributed by atoms with Crippen LogP contribution in [0.5, 0.6) is 0 Å². The summed E-state index contributed by atoms with van der Waals surface area (Å²) in [5.74, 6) is -0.225. The van der Waals surface area contributed by atoms with Crippen molar-refractivity contribution >= 4 is 17.4 Å². The molecular weight excluding hydrogens is 331 g/mol. The maximum absolute atomic E-state index is 13.1. The number of hydrogen-bond acceptors (Lipinski definition) is 3. The van der Waals surface area contributed by atoms with E-state index in [1.165, 1.54) is 12.1 Å². The van der Waals surface area contributed by atoms with Crippen LogP contribution in [0, 0.1) is 5.82 Å². The lowest BCUT2D eigenvalue weighted by Gasteiger charge is -2.38. The Kier molecular flexibility index (Phi) is 4.75. The summed E-state index contributed by atoms with van der Waals surface area (Å²) >= 11 is 0. The number of carbonyl (C=O) groups excluding carboxylic acids is 1. The predicted molar refractivity (Wildman–Crippen MR) is 101 cm³/mol. The molecule has 1 saturated heterocycles. The quantitative estimate of drug-likeness (QED) is 0.891. The van der Waals surface area contributed by atoms with Gasteiger partial charge >= 0.3 is 6.03 Å². The Labute approximate surface area is 152 Å². The maximum Gasteiger partial charge on any atom is 0.322 e. The zero-order chi connectivity index (χ0) is 17.9. The van der Waals surface area contributed by atoms with E-state index in [2.05, 4.69) is 15.5 Å². The van der Waals surface area contributed by atoms with Gasteiger partial charge in [-0.25, -0.2) is 9.18 Å². The molecule has 0 aliphatic carbocycles. The molecule has 2 heterocycles. The monoisotopic (exact) mass is 354 g/mol. The van der Waals surface area contributed by atoms with Crippen molar-refractivity contribution in [3.63, 3.8) is 0 Å². The molecular formula is C20H23FN4O. The van der Waals surface area contributed by atoms with Gasteiger partial charge in [0.05, 0.1) is 11.4 Å².